The van der Waals surface area contributed by atoms with Gasteiger partial charge in [0.15, 0.2) is 5.78 Å². The van der Waals surface area contributed by atoms with E-state index in [-0.39, 0.29) is 17.6 Å². The van der Waals surface area contributed by atoms with Crippen molar-refractivity contribution >= 4 is 11.7 Å². The van der Waals surface area contributed by atoms with Gasteiger partial charge < -0.3 is 10.3 Å². The first-order chi connectivity index (χ1) is 8.97. The van der Waals surface area contributed by atoms with Crippen molar-refractivity contribution in [2.45, 2.75) is 25.8 Å². The first kappa shape index (κ1) is 13.8. The van der Waals surface area contributed by atoms with Gasteiger partial charge in [0.05, 0.1) is 12.5 Å². The Morgan fingerprint density at radius 2 is 2.16 bits per heavy atom. The smallest absolute Gasteiger partial charge is 0.221 e. The number of hydrogen-bond acceptors (Lipinski definition) is 3. The van der Waals surface area contributed by atoms with E-state index < -0.39 is 0 Å². The lowest BCUT2D eigenvalue weighted by Gasteiger charge is -2.36. The number of Topliss-reactive ketones (excluding diaryl/α,β-unsaturated/α-hetero) is 1. The van der Waals surface area contributed by atoms with E-state index >= 15 is 0 Å². The third kappa shape index (κ3) is 3.23. The molecule has 1 aliphatic rings. The highest BCUT2D eigenvalue weighted by molar-refractivity contribution is 5.97. The van der Waals surface area contributed by atoms with Crippen molar-refractivity contribution < 1.29 is 9.59 Å². The predicted molar refractivity (Wildman–Crippen MR) is 72.7 cm³/mol. The lowest BCUT2D eigenvalue weighted by Crippen LogP contribution is -2.47. The third-order valence-electron chi connectivity index (χ3n) is 3.91. The highest BCUT2D eigenvalue weighted by Crippen LogP contribution is 2.21. The van der Waals surface area contributed by atoms with E-state index in [9.17, 15) is 9.59 Å². The molecule has 1 fully saturated rings. The SMILES string of the molecule is CC1CCC(C(N)=O)CN1CC(=O)c1ccn(C)c1. The van der Waals surface area contributed by atoms with Gasteiger partial charge in [-0.3, -0.25) is 14.5 Å². The quantitative estimate of drug-likeness (QED) is 0.817. The van der Waals surface area contributed by atoms with Gasteiger partial charge in [-0.25, -0.2) is 0 Å². The molecular formula is C14H21N3O2. The van der Waals surface area contributed by atoms with Crippen LogP contribution >= 0.6 is 0 Å². The zero-order chi connectivity index (χ0) is 14.0. The Hall–Kier alpha value is -1.62. The molecule has 0 aromatic carbocycles. The van der Waals surface area contributed by atoms with Gasteiger partial charge in [-0.1, -0.05) is 0 Å². The van der Waals surface area contributed by atoms with Gasteiger partial charge >= 0.3 is 0 Å². The number of nitrogens with two attached hydrogens (primary N) is 1. The summed E-state index contributed by atoms with van der Waals surface area (Å²) in [4.78, 5) is 25.5. The van der Waals surface area contributed by atoms with Gasteiger partial charge in [-0.15, -0.1) is 0 Å². The lowest BCUT2D eigenvalue weighted by molar-refractivity contribution is -0.123. The average Bonchev–Trinajstić information content (AvgIpc) is 2.78. The van der Waals surface area contributed by atoms with Crippen molar-refractivity contribution in [2.75, 3.05) is 13.1 Å². The Balaban J connectivity index is 2.00. The molecular weight excluding hydrogens is 242 g/mol. The zero-order valence-corrected chi connectivity index (χ0v) is 11.5. The van der Waals surface area contributed by atoms with Crippen molar-refractivity contribution in [1.29, 1.82) is 0 Å². The summed E-state index contributed by atoms with van der Waals surface area (Å²) in [5.74, 6) is -0.290. The lowest BCUT2D eigenvalue weighted by atomic mass is 9.92. The molecule has 0 aliphatic carbocycles. The van der Waals surface area contributed by atoms with E-state index in [0.717, 1.165) is 18.4 Å². The summed E-state index contributed by atoms with van der Waals surface area (Å²) >= 11 is 0. The largest absolute Gasteiger partial charge is 0.369 e. The van der Waals surface area contributed by atoms with Crippen LogP contribution in [-0.2, 0) is 11.8 Å². The molecule has 0 bridgehead atoms. The van der Waals surface area contributed by atoms with Crippen LogP contribution in [0.4, 0.5) is 0 Å². The Morgan fingerprint density at radius 3 is 2.74 bits per heavy atom. The molecule has 1 amide bonds. The number of likely N-dealkylation sites (tertiary alicyclic amines) is 1. The molecule has 2 rings (SSSR count). The maximum atomic E-state index is 12.2. The molecule has 1 saturated heterocycles. The topological polar surface area (TPSA) is 68.3 Å². The number of nitrogens with zero attached hydrogens (tertiary/aromatic N) is 2. The summed E-state index contributed by atoms with van der Waals surface area (Å²) in [6.45, 7) is 3.04. The molecule has 1 aromatic rings. The maximum absolute atomic E-state index is 12.2. The molecule has 0 saturated carbocycles. The number of aromatic nitrogens is 1. The van der Waals surface area contributed by atoms with Crippen LogP contribution in [0, 0.1) is 5.92 Å². The number of aryl methyl sites for hydroxylation is 1. The van der Waals surface area contributed by atoms with Crippen molar-refractivity contribution in [3.05, 3.63) is 24.0 Å². The molecule has 5 heteroatoms. The summed E-state index contributed by atoms with van der Waals surface area (Å²) in [7, 11) is 1.89. The van der Waals surface area contributed by atoms with Crippen LogP contribution in [0.3, 0.4) is 0 Å². The molecule has 0 spiro atoms. The van der Waals surface area contributed by atoms with Gasteiger partial charge in [-0.2, -0.15) is 0 Å². The normalized spacial score (nSPS) is 24.3. The van der Waals surface area contributed by atoms with E-state index in [1.165, 1.54) is 0 Å². The average molecular weight is 263 g/mol. The van der Waals surface area contributed by atoms with Crippen molar-refractivity contribution in [2.24, 2.45) is 18.7 Å². The van der Waals surface area contributed by atoms with Crippen LogP contribution in [-0.4, -0.2) is 40.3 Å². The van der Waals surface area contributed by atoms with Gasteiger partial charge in [0.2, 0.25) is 5.91 Å². The van der Waals surface area contributed by atoms with Crippen LogP contribution in [0.5, 0.6) is 0 Å². The summed E-state index contributed by atoms with van der Waals surface area (Å²) in [6, 6.07) is 2.14. The second-order valence-electron chi connectivity index (χ2n) is 5.44. The van der Waals surface area contributed by atoms with E-state index in [1.54, 1.807) is 0 Å². The van der Waals surface area contributed by atoms with Gasteiger partial charge in [0.25, 0.3) is 0 Å². The Labute approximate surface area is 113 Å². The standard InChI is InChI=1S/C14H21N3O2/c1-10-3-4-12(14(15)19)8-17(10)9-13(18)11-5-6-16(2)7-11/h5-7,10,12H,3-4,8-9H2,1-2H3,(H2,15,19). The number of piperidine rings is 1. The third-order valence-corrected chi connectivity index (χ3v) is 3.91. The van der Waals surface area contributed by atoms with E-state index in [0.29, 0.717) is 19.1 Å². The van der Waals surface area contributed by atoms with Crippen molar-refractivity contribution in [3.8, 4) is 0 Å². The Kier molecular flexibility index (Phi) is 4.04. The number of carbonyl (C=O) groups is 2. The van der Waals surface area contributed by atoms with Crippen LogP contribution in [0.2, 0.25) is 0 Å². The predicted octanol–water partition coefficient (Wildman–Crippen LogP) is 0.794. The number of primary amides is 1. The fourth-order valence-electron chi connectivity index (χ4n) is 2.58. The van der Waals surface area contributed by atoms with Crippen LogP contribution in [0.1, 0.15) is 30.1 Å². The number of ketones is 1. The Morgan fingerprint density at radius 1 is 1.42 bits per heavy atom. The highest BCUT2D eigenvalue weighted by atomic mass is 16.1. The fourth-order valence-corrected chi connectivity index (χ4v) is 2.58. The summed E-state index contributed by atoms with van der Waals surface area (Å²) < 4.78 is 1.86. The van der Waals surface area contributed by atoms with Crippen molar-refractivity contribution in [3.63, 3.8) is 0 Å². The van der Waals surface area contributed by atoms with E-state index in [2.05, 4.69) is 11.8 Å². The number of carbonyl (C=O) groups excluding carboxylic acids is 2. The molecule has 2 N–H and O–H groups in total. The maximum Gasteiger partial charge on any atom is 0.221 e. The molecule has 2 heterocycles. The minimum Gasteiger partial charge on any atom is -0.369 e. The van der Waals surface area contributed by atoms with Gasteiger partial charge in [0.1, 0.15) is 0 Å². The van der Waals surface area contributed by atoms with Crippen LogP contribution in [0.15, 0.2) is 18.5 Å². The number of amides is 1. The van der Waals surface area contributed by atoms with Gasteiger partial charge in [0, 0.05) is 37.6 Å². The molecule has 19 heavy (non-hydrogen) atoms. The molecule has 1 aliphatic heterocycles. The second-order valence-corrected chi connectivity index (χ2v) is 5.44. The summed E-state index contributed by atoms with van der Waals surface area (Å²) in [6.07, 6.45) is 5.42. The molecule has 1 aromatic heterocycles. The fraction of sp³-hybridized carbons (Fsp3) is 0.571. The first-order valence-electron chi connectivity index (χ1n) is 6.66. The van der Waals surface area contributed by atoms with Gasteiger partial charge in [-0.05, 0) is 25.8 Å². The molecule has 2 unspecified atom stereocenters. The molecule has 5 nitrogen and oxygen atoms in total. The van der Waals surface area contributed by atoms with Crippen LogP contribution < -0.4 is 5.73 Å². The van der Waals surface area contributed by atoms with E-state index in [1.807, 2.05) is 30.1 Å². The highest BCUT2D eigenvalue weighted by Gasteiger charge is 2.29. The molecule has 0 radical (unpaired) electrons. The van der Waals surface area contributed by atoms with Crippen LogP contribution in [0.25, 0.3) is 0 Å². The van der Waals surface area contributed by atoms with E-state index in [4.69, 9.17) is 5.73 Å². The molecule has 2 atom stereocenters. The summed E-state index contributed by atoms with van der Waals surface area (Å²) in [5, 5.41) is 0. The number of rotatable bonds is 4. The number of hydrogen-bond donors (Lipinski definition) is 1. The first-order valence-corrected chi connectivity index (χ1v) is 6.66. The minimum atomic E-state index is -0.260. The second kappa shape index (κ2) is 5.57. The molecule has 104 valence electrons. The Bertz CT molecular complexity index is 481. The monoisotopic (exact) mass is 263 g/mol. The minimum absolute atomic E-state index is 0.0950. The van der Waals surface area contributed by atoms with Crippen molar-refractivity contribution in [1.82, 2.24) is 9.47 Å². The zero-order valence-electron chi connectivity index (χ0n) is 11.5. The summed E-state index contributed by atoms with van der Waals surface area (Å²) in [5.41, 5.74) is 6.08.